The van der Waals surface area contributed by atoms with Crippen molar-refractivity contribution < 1.29 is 4.52 Å². The van der Waals surface area contributed by atoms with Gasteiger partial charge in [0.2, 0.25) is 5.95 Å². The van der Waals surface area contributed by atoms with Gasteiger partial charge >= 0.3 is 0 Å². The highest BCUT2D eigenvalue weighted by Gasteiger charge is 2.23. The van der Waals surface area contributed by atoms with Crippen molar-refractivity contribution in [2.45, 2.75) is 33.2 Å². The number of imidazole rings is 1. The number of aromatic nitrogens is 6. The van der Waals surface area contributed by atoms with Gasteiger partial charge in [-0.3, -0.25) is 0 Å². The van der Waals surface area contributed by atoms with E-state index in [0.29, 0.717) is 17.7 Å². The fourth-order valence-electron chi connectivity index (χ4n) is 3.73. The van der Waals surface area contributed by atoms with E-state index in [9.17, 15) is 0 Å². The molecule has 2 aromatic carbocycles. The molecule has 160 valence electrons. The number of nitrogens with one attached hydrogen (secondary N) is 1. The van der Waals surface area contributed by atoms with E-state index in [1.807, 2.05) is 43.3 Å². The second-order valence-electron chi connectivity index (χ2n) is 8.57. The summed E-state index contributed by atoms with van der Waals surface area (Å²) in [5.41, 5.74) is 4.47. The molecule has 0 spiro atoms. The number of hydrogen-bond donors (Lipinski definition) is 1. The lowest BCUT2D eigenvalue weighted by atomic mass is 10.1. The first-order valence-electron chi connectivity index (χ1n) is 10.4. The monoisotopic (exact) mass is 425 g/mol. The molecule has 0 amide bonds. The Morgan fingerprint density at radius 1 is 0.906 bits per heavy atom. The Labute approximate surface area is 185 Å². The predicted octanol–water partition coefficient (Wildman–Crippen LogP) is 5.35. The number of hydrogen-bond acceptors (Lipinski definition) is 7. The van der Waals surface area contributed by atoms with Gasteiger partial charge in [-0.25, -0.2) is 15.0 Å². The predicted molar refractivity (Wildman–Crippen MR) is 124 cm³/mol. The lowest BCUT2D eigenvalue weighted by molar-refractivity contribution is 0.413. The first-order valence-corrected chi connectivity index (χ1v) is 10.4. The highest BCUT2D eigenvalue weighted by atomic mass is 16.5. The van der Waals surface area contributed by atoms with Crippen molar-refractivity contribution >= 4 is 22.7 Å². The molecule has 3 aromatic heterocycles. The summed E-state index contributed by atoms with van der Waals surface area (Å²) in [6.45, 7) is 8.33. The second kappa shape index (κ2) is 7.56. The molecule has 8 nitrogen and oxygen atoms in total. The third-order valence-electron chi connectivity index (χ3n) is 5.04. The fourth-order valence-corrected chi connectivity index (χ4v) is 3.73. The summed E-state index contributed by atoms with van der Waals surface area (Å²) in [7, 11) is 0. The van der Waals surface area contributed by atoms with Gasteiger partial charge in [0.15, 0.2) is 5.82 Å². The molecule has 0 fully saturated rings. The minimum absolute atomic E-state index is 0.182. The summed E-state index contributed by atoms with van der Waals surface area (Å²) in [5.74, 6) is 2.52. The summed E-state index contributed by atoms with van der Waals surface area (Å²) in [5, 5.41) is 7.14. The van der Waals surface area contributed by atoms with Gasteiger partial charge in [0.05, 0.1) is 11.0 Å². The summed E-state index contributed by atoms with van der Waals surface area (Å²) in [6, 6.07) is 15.9. The van der Waals surface area contributed by atoms with Crippen LogP contribution in [0.5, 0.6) is 0 Å². The molecule has 0 radical (unpaired) electrons. The van der Waals surface area contributed by atoms with Crippen molar-refractivity contribution in [1.29, 1.82) is 0 Å². The minimum atomic E-state index is -0.182. The standard InChI is InChI=1S/C24H23N7O/c1-15-27-22(32-30-15)17-8-5-7-16(13-17)21-29-19-14-18(28-23-25-11-6-12-26-23)9-10-20(19)31(21)24(2,3)4/h5-14H,1-4H3,(H,25,26,28). The van der Waals surface area contributed by atoms with Crippen LogP contribution in [0.4, 0.5) is 11.6 Å². The first kappa shape index (κ1) is 19.9. The molecule has 0 bridgehead atoms. The van der Waals surface area contributed by atoms with Gasteiger partial charge in [-0.1, -0.05) is 17.3 Å². The lowest BCUT2D eigenvalue weighted by Crippen LogP contribution is -2.22. The molecule has 0 saturated carbocycles. The van der Waals surface area contributed by atoms with Gasteiger partial charge in [-0.2, -0.15) is 4.98 Å². The van der Waals surface area contributed by atoms with Crippen molar-refractivity contribution in [3.05, 3.63) is 66.7 Å². The number of rotatable bonds is 4. The molecule has 0 aliphatic rings. The molecule has 0 unspecified atom stereocenters. The van der Waals surface area contributed by atoms with E-state index in [-0.39, 0.29) is 5.54 Å². The van der Waals surface area contributed by atoms with E-state index >= 15 is 0 Å². The van der Waals surface area contributed by atoms with Crippen LogP contribution in [0, 0.1) is 6.92 Å². The van der Waals surface area contributed by atoms with Gasteiger partial charge in [-0.15, -0.1) is 0 Å². The molecule has 0 aliphatic heterocycles. The molecule has 0 saturated heterocycles. The number of benzene rings is 2. The summed E-state index contributed by atoms with van der Waals surface area (Å²) >= 11 is 0. The van der Waals surface area contributed by atoms with Gasteiger partial charge < -0.3 is 14.4 Å². The smallest absolute Gasteiger partial charge is 0.257 e. The fraction of sp³-hybridized carbons (Fsp3) is 0.208. The van der Waals surface area contributed by atoms with E-state index in [4.69, 9.17) is 9.51 Å². The SMILES string of the molecule is Cc1noc(-c2cccc(-c3nc4cc(Nc5ncccn5)ccc4n3C(C)(C)C)c2)n1. The third-order valence-corrected chi connectivity index (χ3v) is 5.04. The van der Waals surface area contributed by atoms with E-state index in [2.05, 4.69) is 56.8 Å². The van der Waals surface area contributed by atoms with Crippen LogP contribution in [0.2, 0.25) is 0 Å². The molecule has 1 N–H and O–H groups in total. The van der Waals surface area contributed by atoms with Gasteiger partial charge in [0, 0.05) is 34.7 Å². The molecule has 5 aromatic rings. The number of anilines is 2. The first-order chi connectivity index (χ1) is 15.4. The zero-order chi connectivity index (χ0) is 22.3. The number of fused-ring (bicyclic) bond motifs is 1. The van der Waals surface area contributed by atoms with Gasteiger partial charge in [-0.05, 0) is 64.1 Å². The van der Waals surface area contributed by atoms with Crippen LogP contribution in [0.15, 0.2) is 65.4 Å². The highest BCUT2D eigenvalue weighted by Crippen LogP contribution is 2.34. The molecule has 0 aliphatic carbocycles. The minimum Gasteiger partial charge on any atom is -0.334 e. The Morgan fingerprint density at radius 3 is 2.41 bits per heavy atom. The maximum absolute atomic E-state index is 5.36. The van der Waals surface area contributed by atoms with Crippen LogP contribution in [-0.2, 0) is 5.54 Å². The van der Waals surface area contributed by atoms with E-state index in [0.717, 1.165) is 33.7 Å². The van der Waals surface area contributed by atoms with Crippen LogP contribution in [0.3, 0.4) is 0 Å². The van der Waals surface area contributed by atoms with Crippen molar-refractivity contribution in [1.82, 2.24) is 29.7 Å². The van der Waals surface area contributed by atoms with Crippen LogP contribution < -0.4 is 5.32 Å². The molecule has 3 heterocycles. The van der Waals surface area contributed by atoms with Gasteiger partial charge in [0.25, 0.3) is 5.89 Å². The maximum Gasteiger partial charge on any atom is 0.257 e. The van der Waals surface area contributed by atoms with Crippen molar-refractivity contribution in [3.8, 4) is 22.8 Å². The Kier molecular flexibility index (Phi) is 4.70. The Morgan fingerprint density at radius 2 is 1.69 bits per heavy atom. The average Bonchev–Trinajstić information content (AvgIpc) is 3.38. The zero-order valence-electron chi connectivity index (χ0n) is 18.4. The summed E-state index contributed by atoms with van der Waals surface area (Å²) < 4.78 is 7.61. The highest BCUT2D eigenvalue weighted by molar-refractivity contribution is 5.85. The summed E-state index contributed by atoms with van der Waals surface area (Å²) in [6.07, 6.45) is 3.41. The largest absolute Gasteiger partial charge is 0.334 e. The zero-order valence-corrected chi connectivity index (χ0v) is 18.4. The van der Waals surface area contributed by atoms with Crippen molar-refractivity contribution in [2.24, 2.45) is 0 Å². The molecule has 8 heteroatoms. The molecule has 5 rings (SSSR count). The van der Waals surface area contributed by atoms with Gasteiger partial charge in [0.1, 0.15) is 5.82 Å². The van der Waals surface area contributed by atoms with Crippen molar-refractivity contribution in [2.75, 3.05) is 5.32 Å². The summed E-state index contributed by atoms with van der Waals surface area (Å²) in [4.78, 5) is 17.8. The molecular weight excluding hydrogens is 402 g/mol. The Bertz CT molecular complexity index is 1400. The normalized spacial score (nSPS) is 11.8. The van der Waals surface area contributed by atoms with Crippen molar-refractivity contribution in [3.63, 3.8) is 0 Å². The average molecular weight is 425 g/mol. The third kappa shape index (κ3) is 3.71. The molecular formula is C24H23N7O. The quantitative estimate of drug-likeness (QED) is 0.415. The topological polar surface area (TPSA) is 94.5 Å². The number of nitrogens with zero attached hydrogens (tertiary/aromatic N) is 6. The Balaban J connectivity index is 1.62. The second-order valence-corrected chi connectivity index (χ2v) is 8.57. The van der Waals surface area contributed by atoms with E-state index < -0.39 is 0 Å². The van der Waals surface area contributed by atoms with E-state index in [1.165, 1.54) is 0 Å². The lowest BCUT2D eigenvalue weighted by Gasteiger charge is -2.25. The molecule has 0 atom stereocenters. The maximum atomic E-state index is 5.36. The number of aryl methyl sites for hydroxylation is 1. The van der Waals surface area contributed by atoms with Crippen LogP contribution in [0.1, 0.15) is 26.6 Å². The molecule has 32 heavy (non-hydrogen) atoms. The van der Waals surface area contributed by atoms with Crippen LogP contribution >= 0.6 is 0 Å². The van der Waals surface area contributed by atoms with E-state index in [1.54, 1.807) is 18.5 Å². The van der Waals surface area contributed by atoms with Crippen LogP contribution in [0.25, 0.3) is 33.9 Å². The Hall–Kier alpha value is -4.07. The van der Waals surface area contributed by atoms with Crippen LogP contribution in [-0.4, -0.2) is 29.7 Å².